The van der Waals surface area contributed by atoms with Crippen molar-refractivity contribution in [3.05, 3.63) is 0 Å². The highest BCUT2D eigenvalue weighted by Gasteiger charge is 2.22. The maximum Gasteiger partial charge on any atom is 0.315 e. The number of primary amides is 1. The maximum atomic E-state index is 11.6. The molecule has 0 spiro atoms. The van der Waals surface area contributed by atoms with Crippen molar-refractivity contribution in [1.82, 2.24) is 4.90 Å². The first kappa shape index (κ1) is 17.3. The van der Waals surface area contributed by atoms with E-state index in [2.05, 4.69) is 6.92 Å². The van der Waals surface area contributed by atoms with Gasteiger partial charge in [-0.1, -0.05) is 71.1 Å². The Hall–Kier alpha value is -0.730. The van der Waals surface area contributed by atoms with E-state index in [1.165, 1.54) is 64.2 Å². The van der Waals surface area contributed by atoms with Gasteiger partial charge < -0.3 is 10.6 Å². The van der Waals surface area contributed by atoms with E-state index in [-0.39, 0.29) is 6.03 Å². The van der Waals surface area contributed by atoms with Gasteiger partial charge in [0.15, 0.2) is 0 Å². The van der Waals surface area contributed by atoms with Crippen molar-refractivity contribution < 1.29 is 4.79 Å². The van der Waals surface area contributed by atoms with E-state index in [0.717, 1.165) is 25.8 Å². The van der Waals surface area contributed by atoms with Crippen LogP contribution in [0.1, 0.15) is 90.4 Å². The fourth-order valence-electron chi connectivity index (χ4n) is 3.28. The van der Waals surface area contributed by atoms with E-state index < -0.39 is 0 Å². The van der Waals surface area contributed by atoms with Crippen LogP contribution in [0.3, 0.4) is 0 Å². The third kappa shape index (κ3) is 7.16. The Kier molecular flexibility index (Phi) is 9.52. The number of nitrogens with two attached hydrogens (primary N) is 1. The van der Waals surface area contributed by atoms with Gasteiger partial charge in [0.25, 0.3) is 0 Å². The summed E-state index contributed by atoms with van der Waals surface area (Å²) in [5.74, 6) is 0. The van der Waals surface area contributed by atoms with Crippen molar-refractivity contribution in [3.63, 3.8) is 0 Å². The number of amides is 2. The summed E-state index contributed by atoms with van der Waals surface area (Å²) in [5, 5.41) is 0. The summed E-state index contributed by atoms with van der Waals surface area (Å²) in [6.45, 7) is 3.12. The predicted octanol–water partition coefficient (Wildman–Crippen LogP) is 4.84. The lowest BCUT2D eigenvalue weighted by Crippen LogP contribution is -2.45. The first-order valence-corrected chi connectivity index (χ1v) is 8.81. The van der Waals surface area contributed by atoms with Gasteiger partial charge in [-0.2, -0.15) is 0 Å². The molecule has 0 aromatic rings. The first-order chi connectivity index (χ1) is 9.75. The fourth-order valence-corrected chi connectivity index (χ4v) is 3.28. The topological polar surface area (TPSA) is 46.3 Å². The zero-order valence-corrected chi connectivity index (χ0v) is 13.4. The lowest BCUT2D eigenvalue weighted by atomic mass is 9.94. The third-order valence-corrected chi connectivity index (χ3v) is 4.55. The normalized spacial score (nSPS) is 16.2. The van der Waals surface area contributed by atoms with Crippen LogP contribution in [-0.2, 0) is 0 Å². The standard InChI is InChI=1S/C17H34N2O/c1-2-3-4-5-6-7-8-12-15-19(17(18)20)16-13-10-9-11-14-16/h16H,2-15H2,1H3,(H2,18,20). The molecule has 118 valence electrons. The van der Waals surface area contributed by atoms with Crippen LogP contribution in [0.2, 0.25) is 0 Å². The Labute approximate surface area is 125 Å². The average molecular weight is 282 g/mol. The number of unbranched alkanes of at least 4 members (excludes halogenated alkanes) is 7. The Morgan fingerprint density at radius 1 is 0.950 bits per heavy atom. The molecule has 1 aliphatic carbocycles. The van der Waals surface area contributed by atoms with Crippen molar-refractivity contribution >= 4 is 6.03 Å². The quantitative estimate of drug-likeness (QED) is 0.572. The summed E-state index contributed by atoms with van der Waals surface area (Å²) in [5.41, 5.74) is 5.55. The van der Waals surface area contributed by atoms with Gasteiger partial charge in [-0.05, 0) is 19.3 Å². The summed E-state index contributed by atoms with van der Waals surface area (Å²) in [4.78, 5) is 13.5. The monoisotopic (exact) mass is 282 g/mol. The second-order valence-electron chi connectivity index (χ2n) is 6.30. The maximum absolute atomic E-state index is 11.6. The van der Waals surface area contributed by atoms with Crippen LogP contribution in [-0.4, -0.2) is 23.5 Å². The van der Waals surface area contributed by atoms with Crippen molar-refractivity contribution in [2.45, 2.75) is 96.4 Å². The van der Waals surface area contributed by atoms with Crippen molar-refractivity contribution in [2.75, 3.05) is 6.54 Å². The molecular formula is C17H34N2O. The summed E-state index contributed by atoms with van der Waals surface area (Å²) in [6.07, 6.45) is 16.6. The number of rotatable bonds is 10. The van der Waals surface area contributed by atoms with Gasteiger partial charge >= 0.3 is 6.03 Å². The van der Waals surface area contributed by atoms with Gasteiger partial charge in [0.1, 0.15) is 0 Å². The highest BCUT2D eigenvalue weighted by atomic mass is 16.2. The molecule has 0 aliphatic heterocycles. The minimum atomic E-state index is -0.208. The molecule has 0 radical (unpaired) electrons. The number of hydrogen-bond acceptors (Lipinski definition) is 1. The Balaban J connectivity index is 2.08. The Bertz CT molecular complexity index is 249. The van der Waals surface area contributed by atoms with Crippen LogP contribution in [0.25, 0.3) is 0 Å². The van der Waals surface area contributed by atoms with E-state index in [9.17, 15) is 4.79 Å². The van der Waals surface area contributed by atoms with Gasteiger partial charge in [-0.25, -0.2) is 4.79 Å². The zero-order valence-electron chi connectivity index (χ0n) is 13.4. The molecule has 1 saturated carbocycles. The van der Waals surface area contributed by atoms with Crippen LogP contribution < -0.4 is 5.73 Å². The van der Waals surface area contributed by atoms with Gasteiger partial charge in [0.05, 0.1) is 0 Å². The highest BCUT2D eigenvalue weighted by molar-refractivity contribution is 5.72. The third-order valence-electron chi connectivity index (χ3n) is 4.55. The van der Waals surface area contributed by atoms with Gasteiger partial charge in [0.2, 0.25) is 0 Å². The summed E-state index contributed by atoms with van der Waals surface area (Å²) >= 11 is 0. The Morgan fingerprint density at radius 2 is 1.50 bits per heavy atom. The molecular weight excluding hydrogens is 248 g/mol. The number of carbonyl (C=O) groups is 1. The minimum Gasteiger partial charge on any atom is -0.351 e. The second-order valence-corrected chi connectivity index (χ2v) is 6.30. The predicted molar refractivity (Wildman–Crippen MR) is 85.8 cm³/mol. The zero-order chi connectivity index (χ0) is 14.6. The molecule has 0 atom stereocenters. The van der Waals surface area contributed by atoms with E-state index in [1.54, 1.807) is 0 Å². The number of urea groups is 1. The molecule has 3 heteroatoms. The van der Waals surface area contributed by atoms with Crippen molar-refractivity contribution in [3.8, 4) is 0 Å². The van der Waals surface area contributed by atoms with E-state index in [1.807, 2.05) is 4.90 Å². The molecule has 2 amide bonds. The van der Waals surface area contributed by atoms with Crippen LogP contribution >= 0.6 is 0 Å². The second kappa shape index (κ2) is 11.0. The molecule has 1 aliphatic rings. The van der Waals surface area contributed by atoms with Crippen LogP contribution in [0.4, 0.5) is 4.79 Å². The Morgan fingerprint density at radius 3 is 2.05 bits per heavy atom. The molecule has 1 fully saturated rings. The fraction of sp³-hybridized carbons (Fsp3) is 0.941. The van der Waals surface area contributed by atoms with Gasteiger partial charge in [-0.3, -0.25) is 0 Å². The molecule has 0 aromatic carbocycles. The van der Waals surface area contributed by atoms with E-state index in [4.69, 9.17) is 5.73 Å². The first-order valence-electron chi connectivity index (χ1n) is 8.81. The molecule has 0 bridgehead atoms. The largest absolute Gasteiger partial charge is 0.351 e. The van der Waals surface area contributed by atoms with Gasteiger partial charge in [-0.15, -0.1) is 0 Å². The molecule has 3 nitrogen and oxygen atoms in total. The van der Waals surface area contributed by atoms with Gasteiger partial charge in [0, 0.05) is 12.6 Å². The van der Waals surface area contributed by atoms with E-state index >= 15 is 0 Å². The molecule has 2 N–H and O–H groups in total. The van der Waals surface area contributed by atoms with Crippen LogP contribution in [0, 0.1) is 0 Å². The minimum absolute atomic E-state index is 0.208. The average Bonchev–Trinajstić information content (AvgIpc) is 2.46. The van der Waals surface area contributed by atoms with Crippen molar-refractivity contribution in [2.24, 2.45) is 5.73 Å². The molecule has 0 saturated heterocycles. The summed E-state index contributed by atoms with van der Waals surface area (Å²) in [6, 6.07) is 0.214. The lowest BCUT2D eigenvalue weighted by molar-refractivity contribution is 0.162. The molecule has 0 aromatic heterocycles. The SMILES string of the molecule is CCCCCCCCCCN(C(N)=O)C1CCCCC1. The van der Waals surface area contributed by atoms with E-state index in [0.29, 0.717) is 6.04 Å². The van der Waals surface area contributed by atoms with Crippen LogP contribution in [0.5, 0.6) is 0 Å². The van der Waals surface area contributed by atoms with Crippen LogP contribution in [0.15, 0.2) is 0 Å². The number of hydrogen-bond donors (Lipinski definition) is 1. The lowest BCUT2D eigenvalue weighted by Gasteiger charge is -2.33. The number of nitrogens with zero attached hydrogens (tertiary/aromatic N) is 1. The molecule has 0 heterocycles. The summed E-state index contributed by atoms with van der Waals surface area (Å²) in [7, 11) is 0. The highest BCUT2D eigenvalue weighted by Crippen LogP contribution is 2.23. The smallest absolute Gasteiger partial charge is 0.315 e. The summed E-state index contributed by atoms with van der Waals surface area (Å²) < 4.78 is 0. The van der Waals surface area contributed by atoms with Crippen molar-refractivity contribution in [1.29, 1.82) is 0 Å². The molecule has 1 rings (SSSR count). The molecule has 20 heavy (non-hydrogen) atoms. The molecule has 0 unspecified atom stereocenters. The number of carbonyl (C=O) groups excluding carboxylic acids is 1.